The molecule has 0 saturated carbocycles. The minimum absolute atomic E-state index is 0.0187. The summed E-state index contributed by atoms with van der Waals surface area (Å²) >= 11 is 0. The highest BCUT2D eigenvalue weighted by atomic mass is 16.5. The fourth-order valence-electron chi connectivity index (χ4n) is 2.94. The molecule has 0 aliphatic carbocycles. The number of rotatable bonds is 1. The highest BCUT2D eigenvalue weighted by Crippen LogP contribution is 2.21. The van der Waals surface area contributed by atoms with Crippen molar-refractivity contribution in [2.24, 2.45) is 5.92 Å². The Bertz CT molecular complexity index is 410. The van der Waals surface area contributed by atoms with Crippen molar-refractivity contribution in [3.8, 4) is 0 Å². The number of carbonyl (C=O) groups is 3. The highest BCUT2D eigenvalue weighted by Gasteiger charge is 2.32. The molecule has 0 aromatic heterocycles. The quantitative estimate of drug-likeness (QED) is 0.691. The van der Waals surface area contributed by atoms with Gasteiger partial charge in [0.05, 0.1) is 7.11 Å². The molecule has 0 bridgehead atoms. The normalized spacial score (nSPS) is 20.4. The van der Waals surface area contributed by atoms with E-state index in [2.05, 4.69) is 0 Å². The van der Waals surface area contributed by atoms with Crippen LogP contribution in [0.25, 0.3) is 0 Å². The maximum atomic E-state index is 12.5. The molecule has 0 aromatic rings. The molecule has 2 saturated heterocycles. The number of hydrogen-bond donors (Lipinski definition) is 0. The maximum Gasteiger partial charge on any atom is 0.409 e. The number of carbonyl (C=O) groups excluding carboxylic acids is 3. The molecule has 118 valence electrons. The molecule has 7 heteroatoms. The second-order valence-corrected chi connectivity index (χ2v) is 5.56. The summed E-state index contributed by atoms with van der Waals surface area (Å²) in [6.45, 7) is 5.13. The van der Waals surface area contributed by atoms with Gasteiger partial charge in [-0.3, -0.25) is 9.59 Å². The van der Waals surface area contributed by atoms with Crippen LogP contribution in [0.2, 0.25) is 0 Å². The second kappa shape index (κ2) is 6.78. The van der Waals surface area contributed by atoms with Crippen LogP contribution in [-0.2, 0) is 14.3 Å². The van der Waals surface area contributed by atoms with Gasteiger partial charge >= 0.3 is 6.09 Å². The molecule has 3 amide bonds. The van der Waals surface area contributed by atoms with Gasteiger partial charge in [-0.1, -0.05) is 0 Å². The van der Waals surface area contributed by atoms with Crippen molar-refractivity contribution in [1.29, 1.82) is 0 Å². The fraction of sp³-hybridized carbons (Fsp3) is 0.786. The molecule has 2 aliphatic rings. The van der Waals surface area contributed by atoms with Crippen molar-refractivity contribution >= 4 is 17.9 Å². The van der Waals surface area contributed by atoms with Crippen LogP contribution in [0.5, 0.6) is 0 Å². The van der Waals surface area contributed by atoms with E-state index in [1.807, 2.05) is 4.90 Å². The lowest BCUT2D eigenvalue weighted by Crippen LogP contribution is -2.52. The fourth-order valence-corrected chi connectivity index (χ4v) is 2.94. The molecule has 7 nitrogen and oxygen atoms in total. The molecule has 0 spiro atoms. The Morgan fingerprint density at radius 2 is 1.38 bits per heavy atom. The molecule has 2 fully saturated rings. The van der Waals surface area contributed by atoms with E-state index in [0.717, 1.165) is 0 Å². The summed E-state index contributed by atoms with van der Waals surface area (Å²) in [6.07, 6.45) is 1.04. The average molecular weight is 297 g/mol. The molecule has 0 aromatic carbocycles. The Labute approximate surface area is 124 Å². The van der Waals surface area contributed by atoms with Crippen molar-refractivity contribution in [3.05, 3.63) is 0 Å². The third-order valence-electron chi connectivity index (χ3n) is 4.31. The number of hydrogen-bond acceptors (Lipinski definition) is 4. The summed E-state index contributed by atoms with van der Waals surface area (Å²) in [6, 6.07) is 0. The lowest BCUT2D eigenvalue weighted by atomic mass is 9.95. The van der Waals surface area contributed by atoms with Crippen LogP contribution < -0.4 is 0 Å². The van der Waals surface area contributed by atoms with E-state index in [9.17, 15) is 14.4 Å². The monoisotopic (exact) mass is 297 g/mol. The maximum absolute atomic E-state index is 12.5. The summed E-state index contributed by atoms with van der Waals surface area (Å²) < 4.78 is 4.69. The summed E-state index contributed by atoms with van der Waals surface area (Å²) in [5.41, 5.74) is 0. The van der Waals surface area contributed by atoms with Crippen molar-refractivity contribution in [2.75, 3.05) is 46.4 Å². The zero-order valence-electron chi connectivity index (χ0n) is 12.7. The molecule has 2 rings (SSSR count). The van der Waals surface area contributed by atoms with Crippen molar-refractivity contribution in [3.63, 3.8) is 0 Å². The van der Waals surface area contributed by atoms with Crippen molar-refractivity contribution in [1.82, 2.24) is 14.7 Å². The number of methoxy groups -OCH3 is 1. The first-order valence-electron chi connectivity index (χ1n) is 7.40. The Morgan fingerprint density at radius 1 is 0.857 bits per heavy atom. The summed E-state index contributed by atoms with van der Waals surface area (Å²) in [5, 5.41) is 0. The molecule has 2 aliphatic heterocycles. The third-order valence-corrected chi connectivity index (χ3v) is 4.31. The number of piperazine rings is 1. The van der Waals surface area contributed by atoms with Gasteiger partial charge in [-0.15, -0.1) is 0 Å². The first-order chi connectivity index (χ1) is 10.0. The molecule has 0 unspecified atom stereocenters. The number of piperidine rings is 1. The zero-order chi connectivity index (χ0) is 15.4. The predicted molar refractivity (Wildman–Crippen MR) is 75.5 cm³/mol. The van der Waals surface area contributed by atoms with Gasteiger partial charge in [0.2, 0.25) is 11.8 Å². The van der Waals surface area contributed by atoms with Crippen LogP contribution in [0.15, 0.2) is 0 Å². The molecule has 0 atom stereocenters. The molecular formula is C14H23N3O4. The minimum Gasteiger partial charge on any atom is -0.453 e. The van der Waals surface area contributed by atoms with Crippen molar-refractivity contribution in [2.45, 2.75) is 19.8 Å². The lowest BCUT2D eigenvalue weighted by Gasteiger charge is -2.38. The molecule has 0 N–H and O–H groups in total. The van der Waals surface area contributed by atoms with Crippen LogP contribution in [0.3, 0.4) is 0 Å². The van der Waals surface area contributed by atoms with E-state index in [-0.39, 0.29) is 23.8 Å². The van der Waals surface area contributed by atoms with Gasteiger partial charge in [-0.2, -0.15) is 0 Å². The van der Waals surface area contributed by atoms with Gasteiger partial charge in [0.25, 0.3) is 0 Å². The zero-order valence-corrected chi connectivity index (χ0v) is 12.7. The molecule has 21 heavy (non-hydrogen) atoms. The molecular weight excluding hydrogens is 274 g/mol. The van der Waals surface area contributed by atoms with Gasteiger partial charge in [0.1, 0.15) is 0 Å². The van der Waals surface area contributed by atoms with Crippen LogP contribution in [0.4, 0.5) is 4.79 Å². The number of likely N-dealkylation sites (tertiary alicyclic amines) is 1. The standard InChI is InChI=1S/C14H23N3O4/c1-11(18)15-7-9-16(10-8-15)13(19)12-3-5-17(6-4-12)14(20)21-2/h12H,3-10H2,1-2H3. The van der Waals surface area contributed by atoms with E-state index in [0.29, 0.717) is 52.1 Å². The Kier molecular flexibility index (Phi) is 5.03. The summed E-state index contributed by atoms with van der Waals surface area (Å²) in [7, 11) is 1.37. The van der Waals surface area contributed by atoms with E-state index in [4.69, 9.17) is 4.74 Å². The van der Waals surface area contributed by atoms with Crippen LogP contribution in [-0.4, -0.2) is 79.0 Å². The predicted octanol–water partition coefficient (Wildman–Crippen LogP) is 0.156. The van der Waals surface area contributed by atoms with E-state index < -0.39 is 0 Å². The first kappa shape index (κ1) is 15.6. The van der Waals surface area contributed by atoms with Gasteiger partial charge in [0, 0.05) is 52.1 Å². The second-order valence-electron chi connectivity index (χ2n) is 5.56. The van der Waals surface area contributed by atoms with Crippen molar-refractivity contribution < 1.29 is 19.1 Å². The van der Waals surface area contributed by atoms with Gasteiger partial charge in [-0.05, 0) is 12.8 Å². The van der Waals surface area contributed by atoms with Gasteiger partial charge < -0.3 is 19.4 Å². The van der Waals surface area contributed by atoms with Crippen LogP contribution in [0.1, 0.15) is 19.8 Å². The highest BCUT2D eigenvalue weighted by molar-refractivity contribution is 5.80. The Morgan fingerprint density at radius 3 is 1.86 bits per heavy atom. The summed E-state index contributed by atoms with van der Waals surface area (Å²) in [5.74, 6) is 0.200. The Balaban J connectivity index is 1.80. The van der Waals surface area contributed by atoms with Crippen LogP contribution in [0, 0.1) is 5.92 Å². The van der Waals surface area contributed by atoms with Gasteiger partial charge in [-0.25, -0.2) is 4.79 Å². The Hall–Kier alpha value is -1.79. The number of nitrogens with zero attached hydrogens (tertiary/aromatic N) is 3. The smallest absolute Gasteiger partial charge is 0.409 e. The summed E-state index contributed by atoms with van der Waals surface area (Å²) in [4.78, 5) is 40.4. The van der Waals surface area contributed by atoms with E-state index in [1.165, 1.54) is 7.11 Å². The van der Waals surface area contributed by atoms with E-state index in [1.54, 1.807) is 16.7 Å². The average Bonchev–Trinajstić information content (AvgIpc) is 2.53. The topological polar surface area (TPSA) is 70.2 Å². The lowest BCUT2D eigenvalue weighted by molar-refractivity contribution is -0.142. The SMILES string of the molecule is COC(=O)N1CCC(C(=O)N2CCN(C(C)=O)CC2)CC1. The largest absolute Gasteiger partial charge is 0.453 e. The molecule has 2 heterocycles. The first-order valence-corrected chi connectivity index (χ1v) is 7.40. The number of ether oxygens (including phenoxy) is 1. The number of amides is 3. The van der Waals surface area contributed by atoms with Crippen LogP contribution >= 0.6 is 0 Å². The third kappa shape index (κ3) is 3.65. The van der Waals surface area contributed by atoms with E-state index >= 15 is 0 Å². The molecule has 0 radical (unpaired) electrons. The minimum atomic E-state index is -0.323. The van der Waals surface area contributed by atoms with Gasteiger partial charge in [0.15, 0.2) is 0 Å².